The Bertz CT molecular complexity index is 1160. The third-order valence-electron chi connectivity index (χ3n) is 5.89. The Kier molecular flexibility index (Phi) is 15.7. The van der Waals surface area contributed by atoms with Crippen LogP contribution in [-0.4, -0.2) is 105 Å². The van der Waals surface area contributed by atoms with Gasteiger partial charge in [-0.3, -0.25) is 0 Å². The van der Waals surface area contributed by atoms with Crippen molar-refractivity contribution in [3.05, 3.63) is 72.8 Å². The maximum Gasteiger partial charge on any atom is 0.328 e. The smallest absolute Gasteiger partial charge is 0.328 e. The summed E-state index contributed by atoms with van der Waals surface area (Å²) in [6, 6.07) is 18.1. The molecule has 2 rings (SSSR count). The number of hydrogen-bond acceptors (Lipinski definition) is 7. The third-order valence-corrected chi connectivity index (χ3v) is 7.60. The van der Waals surface area contributed by atoms with Crippen molar-refractivity contribution < 1.29 is 33.0 Å². The van der Waals surface area contributed by atoms with Crippen LogP contribution in [0.4, 0.5) is 10.5 Å². The fraction of sp³-hybridized carbons (Fsp3) is 0.393. The van der Waals surface area contributed by atoms with Crippen LogP contribution in [0.5, 0.6) is 0 Å². The van der Waals surface area contributed by atoms with E-state index in [0.29, 0.717) is 38.3 Å². The second-order valence-corrected chi connectivity index (χ2v) is 10.8. The van der Waals surface area contributed by atoms with Crippen LogP contribution >= 0.6 is 0 Å². The van der Waals surface area contributed by atoms with Crippen molar-refractivity contribution in [1.29, 1.82) is 0 Å². The lowest BCUT2D eigenvalue weighted by Crippen LogP contribution is -2.47. The summed E-state index contributed by atoms with van der Waals surface area (Å²) in [5.41, 5.74) is 1.08. The summed E-state index contributed by atoms with van der Waals surface area (Å²) in [7, 11) is -1.47. The van der Waals surface area contributed by atoms with Crippen LogP contribution in [-0.2, 0) is 19.4 Å². The minimum absolute atomic E-state index is 0.105. The number of rotatable bonds is 15. The summed E-state index contributed by atoms with van der Waals surface area (Å²) in [5.74, 6) is -2.62. The van der Waals surface area contributed by atoms with Crippen molar-refractivity contribution in [3.8, 4) is 0 Å². The van der Waals surface area contributed by atoms with E-state index in [1.54, 1.807) is 35.2 Å². The molecule has 0 aromatic heterocycles. The highest BCUT2D eigenvalue weighted by molar-refractivity contribution is 7.91. The summed E-state index contributed by atoms with van der Waals surface area (Å²) in [6.45, 7) is 8.38. The average molecular weight is 577 g/mol. The number of anilines is 1. The van der Waals surface area contributed by atoms with Crippen molar-refractivity contribution in [3.63, 3.8) is 0 Å². The van der Waals surface area contributed by atoms with Crippen LogP contribution in [0.15, 0.2) is 77.7 Å². The van der Waals surface area contributed by atoms with Crippen molar-refractivity contribution in [2.24, 2.45) is 0 Å². The maximum absolute atomic E-state index is 12.9. The van der Waals surface area contributed by atoms with Gasteiger partial charge in [0.2, 0.25) is 0 Å². The molecule has 0 spiro atoms. The molecule has 0 aliphatic rings. The molecule has 2 aromatic rings. The fourth-order valence-corrected chi connectivity index (χ4v) is 4.76. The molecule has 0 aliphatic heterocycles. The van der Waals surface area contributed by atoms with Gasteiger partial charge < -0.3 is 30.2 Å². The number of urea groups is 1. The molecule has 40 heavy (non-hydrogen) atoms. The normalized spacial score (nSPS) is 11.0. The van der Waals surface area contributed by atoms with Crippen LogP contribution in [0.1, 0.15) is 13.8 Å². The molecule has 0 saturated heterocycles. The van der Waals surface area contributed by atoms with E-state index in [-0.39, 0.29) is 23.2 Å². The van der Waals surface area contributed by atoms with E-state index in [2.05, 4.69) is 29.0 Å². The SMILES string of the molecule is CCN(CC)CCN(CCS(=O)(=O)c1ccccc1)C(=O)NCCN(C)c1ccccc1.O=C(O)C=CC(=O)O. The van der Waals surface area contributed by atoms with Crippen LogP contribution in [0.2, 0.25) is 0 Å². The van der Waals surface area contributed by atoms with Gasteiger partial charge in [0.05, 0.1) is 10.6 Å². The highest BCUT2D eigenvalue weighted by Crippen LogP contribution is 2.11. The maximum atomic E-state index is 12.9. The molecule has 0 radical (unpaired) electrons. The molecule has 3 N–H and O–H groups in total. The molecule has 2 amide bonds. The first-order chi connectivity index (χ1) is 19.0. The van der Waals surface area contributed by atoms with E-state index in [0.717, 1.165) is 18.8 Å². The quantitative estimate of drug-likeness (QED) is 0.272. The second kappa shape index (κ2) is 18.4. The highest BCUT2D eigenvalue weighted by atomic mass is 32.2. The number of aliphatic carboxylic acids is 2. The Morgan fingerprint density at radius 1 is 0.800 bits per heavy atom. The number of hydrogen-bond donors (Lipinski definition) is 3. The first-order valence-corrected chi connectivity index (χ1v) is 14.6. The number of benzene rings is 2. The van der Waals surface area contributed by atoms with Gasteiger partial charge in [-0.2, -0.15) is 0 Å². The number of sulfone groups is 1. The summed E-state index contributed by atoms with van der Waals surface area (Å²) in [4.78, 5) is 38.2. The molecule has 2 aromatic carbocycles. The number of nitrogens with one attached hydrogen (secondary N) is 1. The third kappa shape index (κ3) is 13.8. The summed E-state index contributed by atoms with van der Waals surface area (Å²) in [6.07, 6.45) is 1.12. The number of carbonyl (C=O) groups is 3. The first-order valence-electron chi connectivity index (χ1n) is 12.9. The molecule has 0 atom stereocenters. The topological polar surface area (TPSA) is 148 Å². The monoisotopic (exact) mass is 576 g/mol. The number of likely N-dealkylation sites (N-methyl/N-ethyl adjacent to an activating group) is 2. The Balaban J connectivity index is 0.000000869. The fourth-order valence-electron chi connectivity index (χ4n) is 3.49. The zero-order chi connectivity index (χ0) is 30.0. The summed E-state index contributed by atoms with van der Waals surface area (Å²) < 4.78 is 25.4. The molecule has 220 valence electrons. The molecule has 0 bridgehead atoms. The van der Waals surface area contributed by atoms with Crippen molar-refractivity contribution >= 4 is 33.5 Å². The highest BCUT2D eigenvalue weighted by Gasteiger charge is 2.20. The van der Waals surface area contributed by atoms with Gasteiger partial charge in [-0.15, -0.1) is 0 Å². The van der Waals surface area contributed by atoms with E-state index < -0.39 is 21.8 Å². The van der Waals surface area contributed by atoms with Crippen molar-refractivity contribution in [2.75, 3.05) is 63.5 Å². The molecule has 11 nitrogen and oxygen atoms in total. The first kappa shape index (κ1) is 34.1. The minimum Gasteiger partial charge on any atom is -0.478 e. The number of amides is 2. The molecule has 0 unspecified atom stereocenters. The van der Waals surface area contributed by atoms with Crippen LogP contribution in [0.3, 0.4) is 0 Å². The largest absolute Gasteiger partial charge is 0.478 e. The molecule has 12 heteroatoms. The van der Waals surface area contributed by atoms with Crippen LogP contribution in [0, 0.1) is 0 Å². The predicted octanol–water partition coefficient (Wildman–Crippen LogP) is 2.66. The Hall–Kier alpha value is -3.90. The van der Waals surface area contributed by atoms with Gasteiger partial charge in [-0.05, 0) is 37.4 Å². The number of carboxylic acids is 2. The predicted molar refractivity (Wildman–Crippen MR) is 155 cm³/mol. The van der Waals surface area contributed by atoms with Gasteiger partial charge in [0.15, 0.2) is 9.84 Å². The van der Waals surface area contributed by atoms with Gasteiger partial charge in [-0.25, -0.2) is 22.8 Å². The van der Waals surface area contributed by atoms with Crippen LogP contribution < -0.4 is 10.2 Å². The van der Waals surface area contributed by atoms with Gasteiger partial charge >= 0.3 is 18.0 Å². The lowest BCUT2D eigenvalue weighted by molar-refractivity contribution is -0.134. The zero-order valence-corrected chi connectivity index (χ0v) is 24.1. The molecule has 0 aliphatic carbocycles. The summed E-state index contributed by atoms with van der Waals surface area (Å²) in [5, 5.41) is 18.6. The standard InChI is InChI=1S/C24H36N4O3S.C4H4O4/c1-4-27(5-2)18-19-28(20-21-32(30,31)23-14-10-7-11-15-23)24(29)25-16-17-26(3)22-12-8-6-9-13-22;5-3(6)1-2-4(7)8/h6-15H,4-5,16-21H2,1-3H3,(H,25,29);1-2H,(H,5,6)(H,7,8). The average Bonchev–Trinajstić information content (AvgIpc) is 2.95. The Morgan fingerprint density at radius 3 is 1.82 bits per heavy atom. The van der Waals surface area contributed by atoms with Gasteiger partial charge in [0, 0.05) is 57.6 Å². The zero-order valence-electron chi connectivity index (χ0n) is 23.3. The minimum atomic E-state index is -3.45. The second-order valence-electron chi connectivity index (χ2n) is 8.64. The van der Waals surface area contributed by atoms with Crippen molar-refractivity contribution in [2.45, 2.75) is 18.7 Å². The van der Waals surface area contributed by atoms with E-state index in [4.69, 9.17) is 10.2 Å². The Morgan fingerprint density at radius 2 is 1.32 bits per heavy atom. The van der Waals surface area contributed by atoms with Gasteiger partial charge in [0.1, 0.15) is 0 Å². The molecular weight excluding hydrogens is 536 g/mol. The molecule has 0 saturated carbocycles. The number of nitrogens with zero attached hydrogens (tertiary/aromatic N) is 3. The van der Waals surface area contributed by atoms with E-state index in [1.165, 1.54) is 0 Å². The number of para-hydroxylation sites is 1. The van der Waals surface area contributed by atoms with E-state index in [1.807, 2.05) is 37.4 Å². The molecular formula is C28H40N4O7S. The van der Waals surface area contributed by atoms with Crippen LogP contribution in [0.25, 0.3) is 0 Å². The van der Waals surface area contributed by atoms with Crippen molar-refractivity contribution in [1.82, 2.24) is 15.1 Å². The van der Waals surface area contributed by atoms with E-state index >= 15 is 0 Å². The molecule has 0 heterocycles. The number of carboxylic acid groups (broad SMARTS) is 2. The Labute approximate surface area is 236 Å². The number of carbonyl (C=O) groups excluding carboxylic acids is 1. The lowest BCUT2D eigenvalue weighted by Gasteiger charge is -2.27. The van der Waals surface area contributed by atoms with Gasteiger partial charge in [-0.1, -0.05) is 50.2 Å². The molecule has 0 fully saturated rings. The lowest BCUT2D eigenvalue weighted by atomic mass is 10.3. The summed E-state index contributed by atoms with van der Waals surface area (Å²) >= 11 is 0. The van der Waals surface area contributed by atoms with Gasteiger partial charge in [0.25, 0.3) is 0 Å². The van der Waals surface area contributed by atoms with E-state index in [9.17, 15) is 22.8 Å².